The van der Waals surface area contributed by atoms with E-state index in [0.29, 0.717) is 19.6 Å². The molecule has 0 aliphatic heterocycles. The van der Waals surface area contributed by atoms with Crippen molar-refractivity contribution in [2.75, 3.05) is 38.3 Å². The number of nitro groups is 2. The Hall–Kier alpha value is -2.30. The van der Waals surface area contributed by atoms with E-state index in [4.69, 9.17) is 14.9 Å². The van der Waals surface area contributed by atoms with E-state index in [2.05, 4.69) is 5.32 Å². The maximum absolute atomic E-state index is 11.0. The molecule has 0 aliphatic rings. The van der Waals surface area contributed by atoms with Crippen LogP contribution in [0.5, 0.6) is 0 Å². The van der Waals surface area contributed by atoms with Gasteiger partial charge in [-0.05, 0) is 12.5 Å². The van der Waals surface area contributed by atoms with Crippen LogP contribution in [0.2, 0.25) is 0 Å². The maximum Gasteiger partial charge on any atom is 0.299 e. The van der Waals surface area contributed by atoms with Crippen LogP contribution >= 0.6 is 0 Å². The molecule has 0 radical (unpaired) electrons. The van der Waals surface area contributed by atoms with Crippen LogP contribution in [0, 0.1) is 25.6 Å². The highest BCUT2D eigenvalue weighted by Crippen LogP contribution is 2.28. The van der Waals surface area contributed by atoms with E-state index in [-0.39, 0.29) is 36.9 Å². The van der Waals surface area contributed by atoms with Crippen LogP contribution in [0.15, 0.2) is 18.2 Å². The van der Waals surface area contributed by atoms with Crippen LogP contribution in [0.25, 0.3) is 0 Å². The summed E-state index contributed by atoms with van der Waals surface area (Å²) in [5, 5.41) is 42.7. The van der Waals surface area contributed by atoms with Crippen LogP contribution in [0.1, 0.15) is 13.3 Å². The van der Waals surface area contributed by atoms with Crippen molar-refractivity contribution in [1.29, 1.82) is 0 Å². The zero-order valence-corrected chi connectivity index (χ0v) is 13.3. The third-order valence-electron chi connectivity index (χ3n) is 3.38. The minimum absolute atomic E-state index is 0.192. The van der Waals surface area contributed by atoms with Crippen molar-refractivity contribution in [3.63, 3.8) is 0 Å². The summed E-state index contributed by atoms with van der Waals surface area (Å²) in [6.45, 7) is 2.19. The van der Waals surface area contributed by atoms with Gasteiger partial charge in [-0.25, -0.2) is 0 Å². The molecule has 1 rings (SSSR count). The third-order valence-corrected chi connectivity index (χ3v) is 3.38. The number of nitrogens with one attached hydrogen (secondary N) is 1. The lowest BCUT2D eigenvalue weighted by molar-refractivity contribution is -0.393. The number of nitrogens with zero attached hydrogens (tertiary/aromatic N) is 2. The standard InChI is InChI=1S/C14H21N3O7/c1-14(8-18,9-19)10-24-6-2-5-15-12-4-3-11(16(20)21)7-13(12)17(22)23/h3-4,7,15,18-19H,2,5-6,8-10H2,1H3. The molecule has 1 aromatic rings. The predicted molar refractivity (Wildman–Crippen MR) is 86.0 cm³/mol. The number of hydrogen-bond donors (Lipinski definition) is 3. The Morgan fingerprint density at radius 1 is 1.21 bits per heavy atom. The van der Waals surface area contributed by atoms with Crippen LogP contribution in [0.3, 0.4) is 0 Å². The van der Waals surface area contributed by atoms with E-state index in [1.54, 1.807) is 6.92 Å². The molecule has 3 N–H and O–H groups in total. The molecule has 0 aromatic heterocycles. The summed E-state index contributed by atoms with van der Waals surface area (Å²) in [6.07, 6.45) is 0.529. The first kappa shape index (κ1) is 19.7. The number of aliphatic hydroxyl groups is 2. The molecule has 0 spiro atoms. The molecule has 10 heteroatoms. The second kappa shape index (κ2) is 9.11. The van der Waals surface area contributed by atoms with Gasteiger partial charge in [-0.2, -0.15) is 0 Å². The Morgan fingerprint density at radius 2 is 1.88 bits per heavy atom. The fourth-order valence-corrected chi connectivity index (χ4v) is 1.79. The van der Waals surface area contributed by atoms with Crippen molar-refractivity contribution in [1.82, 2.24) is 0 Å². The molecule has 0 atom stereocenters. The van der Waals surface area contributed by atoms with Gasteiger partial charge in [0.25, 0.3) is 11.4 Å². The van der Waals surface area contributed by atoms with E-state index >= 15 is 0 Å². The third kappa shape index (κ3) is 5.72. The lowest BCUT2D eigenvalue weighted by Gasteiger charge is -2.24. The molecular formula is C14H21N3O7. The van der Waals surface area contributed by atoms with Gasteiger partial charge in [0, 0.05) is 24.6 Å². The Kier molecular flexibility index (Phi) is 7.49. The number of aliphatic hydroxyl groups excluding tert-OH is 2. The molecule has 0 saturated carbocycles. The molecule has 1 aromatic carbocycles. The van der Waals surface area contributed by atoms with Crippen molar-refractivity contribution in [3.8, 4) is 0 Å². The Bertz CT molecular complexity index is 575. The van der Waals surface area contributed by atoms with Gasteiger partial charge < -0.3 is 20.3 Å². The van der Waals surface area contributed by atoms with Crippen LogP contribution in [0.4, 0.5) is 17.1 Å². The van der Waals surface area contributed by atoms with Gasteiger partial charge in [-0.1, -0.05) is 6.92 Å². The van der Waals surface area contributed by atoms with Crippen molar-refractivity contribution < 1.29 is 24.8 Å². The molecule has 10 nitrogen and oxygen atoms in total. The zero-order valence-electron chi connectivity index (χ0n) is 13.3. The van der Waals surface area contributed by atoms with Gasteiger partial charge in [-0.15, -0.1) is 0 Å². The summed E-state index contributed by atoms with van der Waals surface area (Å²) in [5.74, 6) is 0. The average Bonchev–Trinajstić information content (AvgIpc) is 2.57. The van der Waals surface area contributed by atoms with E-state index < -0.39 is 15.3 Å². The maximum atomic E-state index is 11.0. The summed E-state index contributed by atoms with van der Waals surface area (Å²) >= 11 is 0. The van der Waals surface area contributed by atoms with Gasteiger partial charge in [0.1, 0.15) is 5.69 Å². The second-order valence-corrected chi connectivity index (χ2v) is 5.68. The Balaban J connectivity index is 2.48. The molecule has 0 fully saturated rings. The summed E-state index contributed by atoms with van der Waals surface area (Å²) in [7, 11) is 0. The van der Waals surface area contributed by atoms with Crippen molar-refractivity contribution in [3.05, 3.63) is 38.4 Å². The highest BCUT2D eigenvalue weighted by Gasteiger charge is 2.22. The second-order valence-electron chi connectivity index (χ2n) is 5.68. The smallest absolute Gasteiger partial charge is 0.299 e. The minimum Gasteiger partial charge on any atom is -0.396 e. The summed E-state index contributed by atoms with van der Waals surface area (Å²) < 4.78 is 5.36. The number of hydrogen-bond acceptors (Lipinski definition) is 8. The monoisotopic (exact) mass is 343 g/mol. The van der Waals surface area contributed by atoms with Crippen LogP contribution in [-0.4, -0.2) is 53.0 Å². The van der Waals surface area contributed by atoms with Crippen LogP contribution in [-0.2, 0) is 4.74 Å². The average molecular weight is 343 g/mol. The largest absolute Gasteiger partial charge is 0.396 e. The molecular weight excluding hydrogens is 322 g/mol. The molecule has 0 bridgehead atoms. The predicted octanol–water partition coefficient (Wildman–Crippen LogP) is 1.31. The molecule has 134 valence electrons. The summed E-state index contributed by atoms with van der Waals surface area (Å²) in [4.78, 5) is 20.3. The highest BCUT2D eigenvalue weighted by molar-refractivity contribution is 5.65. The number of benzene rings is 1. The normalized spacial score (nSPS) is 11.3. The lowest BCUT2D eigenvalue weighted by atomic mass is 9.95. The van der Waals surface area contributed by atoms with Crippen molar-refractivity contribution in [2.45, 2.75) is 13.3 Å². The minimum atomic E-state index is -0.704. The molecule has 0 aliphatic carbocycles. The highest BCUT2D eigenvalue weighted by atomic mass is 16.6. The number of rotatable bonds is 11. The van der Waals surface area contributed by atoms with Crippen LogP contribution < -0.4 is 5.32 Å². The number of anilines is 1. The van der Waals surface area contributed by atoms with Gasteiger partial charge >= 0.3 is 0 Å². The summed E-state index contributed by atoms with van der Waals surface area (Å²) in [5.41, 5.74) is -1.22. The topological polar surface area (TPSA) is 148 Å². The fraction of sp³-hybridized carbons (Fsp3) is 0.571. The quantitative estimate of drug-likeness (QED) is 0.309. The SMILES string of the molecule is CC(CO)(CO)COCCCNc1ccc([N+](=O)[O-])cc1[N+](=O)[O-]. The van der Waals surface area contributed by atoms with E-state index in [1.807, 2.05) is 0 Å². The lowest BCUT2D eigenvalue weighted by Crippen LogP contribution is -2.31. The van der Waals surface area contributed by atoms with Crippen molar-refractivity contribution >= 4 is 17.1 Å². The number of non-ortho nitro benzene ring substituents is 1. The van der Waals surface area contributed by atoms with Gasteiger partial charge in [-0.3, -0.25) is 20.2 Å². The number of ether oxygens (including phenoxy) is 1. The van der Waals surface area contributed by atoms with E-state index in [9.17, 15) is 20.2 Å². The van der Waals surface area contributed by atoms with Gasteiger partial charge in [0.2, 0.25) is 0 Å². The Labute approximate surface area is 138 Å². The zero-order chi connectivity index (χ0) is 18.2. The van der Waals surface area contributed by atoms with Gasteiger partial charge in [0.05, 0.1) is 35.7 Å². The first-order chi connectivity index (χ1) is 11.3. The molecule has 24 heavy (non-hydrogen) atoms. The van der Waals surface area contributed by atoms with E-state index in [1.165, 1.54) is 12.1 Å². The van der Waals surface area contributed by atoms with E-state index in [0.717, 1.165) is 6.07 Å². The van der Waals surface area contributed by atoms with Crippen molar-refractivity contribution in [2.24, 2.45) is 5.41 Å². The fourth-order valence-electron chi connectivity index (χ4n) is 1.79. The molecule has 0 heterocycles. The Morgan fingerprint density at radius 3 is 2.42 bits per heavy atom. The molecule has 0 amide bonds. The molecule has 0 unspecified atom stereocenters. The first-order valence-corrected chi connectivity index (χ1v) is 7.29. The molecule has 0 saturated heterocycles. The summed E-state index contributed by atoms with van der Waals surface area (Å²) in [6, 6.07) is 3.40. The number of nitro benzene ring substituents is 2. The van der Waals surface area contributed by atoms with Gasteiger partial charge in [0.15, 0.2) is 0 Å². The first-order valence-electron chi connectivity index (χ1n) is 7.29.